The smallest absolute Gasteiger partial charge is 0.273 e. The third kappa shape index (κ3) is 3.08. The number of rotatable bonds is 3. The highest BCUT2D eigenvalue weighted by atomic mass is 19.1. The van der Waals surface area contributed by atoms with Gasteiger partial charge in [0, 0.05) is 23.0 Å². The van der Waals surface area contributed by atoms with Crippen LogP contribution in [0.4, 0.5) is 21.5 Å². The number of benzene rings is 2. The van der Waals surface area contributed by atoms with E-state index in [1.54, 1.807) is 24.3 Å². The van der Waals surface area contributed by atoms with Crippen molar-refractivity contribution in [1.82, 2.24) is 0 Å². The van der Waals surface area contributed by atoms with Crippen LogP contribution in [0.15, 0.2) is 42.5 Å². The minimum absolute atomic E-state index is 0.131. The molecular weight excluding hydrogens is 265 g/mol. The van der Waals surface area contributed by atoms with Crippen LogP contribution in [0.1, 0.15) is 10.4 Å². The van der Waals surface area contributed by atoms with Crippen LogP contribution in [0.3, 0.4) is 0 Å². The lowest BCUT2D eigenvalue weighted by atomic mass is 10.1. The summed E-state index contributed by atoms with van der Waals surface area (Å²) < 4.78 is 13.2. The molecule has 0 unspecified atom stereocenters. The van der Waals surface area contributed by atoms with Crippen molar-refractivity contribution in [3.63, 3.8) is 0 Å². The molecule has 20 heavy (non-hydrogen) atoms. The lowest BCUT2D eigenvalue weighted by Crippen LogP contribution is -2.12. The van der Waals surface area contributed by atoms with Gasteiger partial charge in [0.1, 0.15) is 5.82 Å². The summed E-state index contributed by atoms with van der Waals surface area (Å²) in [7, 11) is 0. The molecule has 0 spiro atoms. The van der Waals surface area contributed by atoms with Gasteiger partial charge in [0.2, 0.25) is 0 Å². The lowest BCUT2D eigenvalue weighted by molar-refractivity contribution is -0.385. The maximum atomic E-state index is 13.2. The van der Waals surface area contributed by atoms with Crippen LogP contribution in [0.2, 0.25) is 0 Å². The molecular formula is C13H10FN3O3. The molecule has 0 aliphatic carbocycles. The molecule has 0 aromatic heterocycles. The summed E-state index contributed by atoms with van der Waals surface area (Å²) in [5.74, 6) is -1.49. The van der Waals surface area contributed by atoms with Crippen molar-refractivity contribution in [3.8, 4) is 0 Å². The molecule has 0 radical (unpaired) electrons. The van der Waals surface area contributed by atoms with Gasteiger partial charge in [-0.05, 0) is 30.3 Å². The number of halogens is 1. The van der Waals surface area contributed by atoms with Crippen molar-refractivity contribution >= 4 is 23.0 Å². The molecule has 1 amide bonds. The zero-order valence-electron chi connectivity index (χ0n) is 10.2. The van der Waals surface area contributed by atoms with Crippen LogP contribution in [0.25, 0.3) is 0 Å². The molecule has 3 N–H and O–H groups in total. The average Bonchev–Trinajstić information content (AvgIpc) is 2.40. The molecule has 2 aromatic rings. The second-order valence-electron chi connectivity index (χ2n) is 4.03. The van der Waals surface area contributed by atoms with Crippen molar-refractivity contribution in [1.29, 1.82) is 0 Å². The normalized spacial score (nSPS) is 10.1. The van der Waals surface area contributed by atoms with Gasteiger partial charge in [-0.1, -0.05) is 0 Å². The van der Waals surface area contributed by atoms with E-state index in [1.807, 2.05) is 0 Å². The summed E-state index contributed by atoms with van der Waals surface area (Å²) in [5, 5.41) is 13.1. The predicted molar refractivity (Wildman–Crippen MR) is 71.9 cm³/mol. The number of nitro groups is 1. The summed E-state index contributed by atoms with van der Waals surface area (Å²) >= 11 is 0. The first-order valence-electron chi connectivity index (χ1n) is 5.57. The molecule has 0 saturated heterocycles. The van der Waals surface area contributed by atoms with Gasteiger partial charge in [-0.25, -0.2) is 4.39 Å². The van der Waals surface area contributed by atoms with Crippen molar-refractivity contribution in [2.75, 3.05) is 11.1 Å². The highest BCUT2D eigenvalue weighted by Gasteiger charge is 2.14. The van der Waals surface area contributed by atoms with Gasteiger partial charge in [0.05, 0.1) is 11.0 Å². The molecule has 0 fully saturated rings. The molecule has 0 aliphatic rings. The fraction of sp³-hybridized carbons (Fsp3) is 0. The number of carbonyl (C=O) groups excluding carboxylic acids is 1. The number of hydrogen-bond acceptors (Lipinski definition) is 4. The average molecular weight is 275 g/mol. The van der Waals surface area contributed by atoms with Gasteiger partial charge in [-0.2, -0.15) is 0 Å². The summed E-state index contributed by atoms with van der Waals surface area (Å²) in [6.45, 7) is 0. The predicted octanol–water partition coefficient (Wildman–Crippen LogP) is 2.57. The van der Waals surface area contributed by atoms with Gasteiger partial charge in [0.15, 0.2) is 0 Å². The number of amides is 1. The van der Waals surface area contributed by atoms with E-state index in [0.29, 0.717) is 11.4 Å². The van der Waals surface area contributed by atoms with E-state index in [9.17, 15) is 19.3 Å². The number of nitrogens with one attached hydrogen (secondary N) is 1. The van der Waals surface area contributed by atoms with Crippen LogP contribution < -0.4 is 11.1 Å². The SMILES string of the molecule is Nc1ccc(NC(=O)c2cc(F)cc([N+](=O)[O-])c2)cc1. The van der Waals surface area contributed by atoms with Crippen molar-refractivity contribution in [3.05, 3.63) is 64.0 Å². The fourth-order valence-corrected chi connectivity index (χ4v) is 1.58. The molecule has 0 aliphatic heterocycles. The van der Waals surface area contributed by atoms with Crippen LogP contribution in [0, 0.1) is 15.9 Å². The molecule has 2 aromatic carbocycles. The Morgan fingerprint density at radius 1 is 1.20 bits per heavy atom. The van der Waals surface area contributed by atoms with Crippen LogP contribution in [0.5, 0.6) is 0 Å². The fourth-order valence-electron chi connectivity index (χ4n) is 1.58. The standard InChI is InChI=1S/C13H10FN3O3/c14-9-5-8(6-12(7-9)17(19)20)13(18)16-11-3-1-10(15)2-4-11/h1-7H,15H2,(H,16,18). The van der Waals surface area contributed by atoms with E-state index >= 15 is 0 Å². The van der Waals surface area contributed by atoms with E-state index in [2.05, 4.69) is 5.32 Å². The number of hydrogen-bond donors (Lipinski definition) is 2. The first-order chi connectivity index (χ1) is 9.45. The molecule has 102 valence electrons. The number of non-ortho nitro benzene ring substituents is 1. The first-order valence-corrected chi connectivity index (χ1v) is 5.57. The quantitative estimate of drug-likeness (QED) is 0.511. The van der Waals surface area contributed by atoms with Gasteiger partial charge in [-0.3, -0.25) is 14.9 Å². The second kappa shape index (κ2) is 5.35. The molecule has 6 nitrogen and oxygen atoms in total. The van der Waals surface area contributed by atoms with Crippen molar-refractivity contribution < 1.29 is 14.1 Å². The Hall–Kier alpha value is -2.96. The maximum absolute atomic E-state index is 13.2. The van der Waals surface area contributed by atoms with Gasteiger partial charge in [0.25, 0.3) is 11.6 Å². The van der Waals surface area contributed by atoms with Crippen LogP contribution in [-0.4, -0.2) is 10.8 Å². The highest BCUT2D eigenvalue weighted by Crippen LogP contribution is 2.18. The Bertz CT molecular complexity index is 671. The van der Waals surface area contributed by atoms with E-state index in [-0.39, 0.29) is 5.56 Å². The van der Waals surface area contributed by atoms with Crippen LogP contribution >= 0.6 is 0 Å². The Morgan fingerprint density at radius 2 is 1.85 bits per heavy atom. The summed E-state index contributed by atoms with van der Waals surface area (Å²) in [4.78, 5) is 21.8. The maximum Gasteiger partial charge on any atom is 0.273 e. The number of nitrogen functional groups attached to an aromatic ring is 1. The lowest BCUT2D eigenvalue weighted by Gasteiger charge is -2.05. The van der Waals surface area contributed by atoms with Crippen molar-refractivity contribution in [2.45, 2.75) is 0 Å². The number of nitrogens with zero attached hydrogens (tertiary/aromatic N) is 1. The Kier molecular flexibility index (Phi) is 3.60. The largest absolute Gasteiger partial charge is 0.399 e. The van der Waals surface area contributed by atoms with Crippen molar-refractivity contribution in [2.24, 2.45) is 0 Å². The Morgan fingerprint density at radius 3 is 2.45 bits per heavy atom. The summed E-state index contributed by atoms with van der Waals surface area (Å²) in [5.41, 5.74) is 5.88. The highest BCUT2D eigenvalue weighted by molar-refractivity contribution is 6.04. The zero-order valence-corrected chi connectivity index (χ0v) is 10.2. The molecule has 0 heterocycles. The number of carbonyl (C=O) groups is 1. The van der Waals surface area contributed by atoms with Gasteiger partial charge < -0.3 is 11.1 Å². The topological polar surface area (TPSA) is 98.3 Å². The Balaban J connectivity index is 2.25. The number of nitro benzene ring substituents is 1. The van der Waals surface area contributed by atoms with Gasteiger partial charge in [-0.15, -0.1) is 0 Å². The van der Waals surface area contributed by atoms with Crippen LogP contribution in [-0.2, 0) is 0 Å². The number of nitrogens with two attached hydrogens (primary N) is 1. The molecule has 7 heteroatoms. The van der Waals surface area contributed by atoms with E-state index in [4.69, 9.17) is 5.73 Å². The Labute approximate surface area is 113 Å². The number of anilines is 2. The monoisotopic (exact) mass is 275 g/mol. The molecule has 2 rings (SSSR count). The molecule has 0 atom stereocenters. The first kappa shape index (κ1) is 13.5. The second-order valence-corrected chi connectivity index (χ2v) is 4.03. The molecule has 0 bridgehead atoms. The minimum atomic E-state index is -0.846. The summed E-state index contributed by atoms with van der Waals surface area (Å²) in [6.07, 6.45) is 0. The zero-order chi connectivity index (χ0) is 14.7. The molecule has 0 saturated carbocycles. The summed E-state index contributed by atoms with van der Waals surface area (Å²) in [6, 6.07) is 9.00. The van der Waals surface area contributed by atoms with E-state index in [1.165, 1.54) is 0 Å². The third-order valence-electron chi connectivity index (χ3n) is 2.52. The van der Waals surface area contributed by atoms with E-state index < -0.39 is 22.3 Å². The van der Waals surface area contributed by atoms with E-state index in [0.717, 1.165) is 18.2 Å². The minimum Gasteiger partial charge on any atom is -0.399 e. The third-order valence-corrected chi connectivity index (χ3v) is 2.52. The van der Waals surface area contributed by atoms with Gasteiger partial charge >= 0.3 is 0 Å².